The second kappa shape index (κ2) is 8.21. The normalized spacial score (nSPS) is 13.8. The van der Waals surface area contributed by atoms with E-state index in [2.05, 4.69) is 25.8 Å². The zero-order valence-corrected chi connectivity index (χ0v) is 13.6. The molecule has 8 nitrogen and oxygen atoms in total. The van der Waals surface area contributed by atoms with E-state index in [-0.39, 0.29) is 12.1 Å². The highest BCUT2D eigenvalue weighted by Gasteiger charge is 2.23. The molecule has 0 unspecified atom stereocenters. The average Bonchev–Trinajstić information content (AvgIpc) is 2.73. The van der Waals surface area contributed by atoms with E-state index in [9.17, 15) is 9.59 Å². The summed E-state index contributed by atoms with van der Waals surface area (Å²) < 4.78 is 0. The summed E-state index contributed by atoms with van der Waals surface area (Å²) in [5.41, 5.74) is 1.84. The van der Waals surface area contributed by atoms with Crippen molar-refractivity contribution in [3.63, 3.8) is 0 Å². The van der Waals surface area contributed by atoms with E-state index >= 15 is 0 Å². The SMILES string of the molecule is CNC(=O)NCCCNC(=O)N1CCCN(C)c2ccncc21. The predicted octanol–water partition coefficient (Wildman–Crippen LogP) is 0.757. The number of pyridine rings is 1. The predicted molar refractivity (Wildman–Crippen MR) is 89.9 cm³/mol. The van der Waals surface area contributed by atoms with Crippen LogP contribution in [-0.4, -0.2) is 57.3 Å². The van der Waals surface area contributed by atoms with Crippen LogP contribution in [0, 0.1) is 0 Å². The number of nitrogens with one attached hydrogen (secondary N) is 3. The van der Waals surface area contributed by atoms with Crippen LogP contribution in [0.2, 0.25) is 0 Å². The van der Waals surface area contributed by atoms with Crippen molar-refractivity contribution in [3.8, 4) is 0 Å². The van der Waals surface area contributed by atoms with Gasteiger partial charge in [-0.15, -0.1) is 0 Å². The van der Waals surface area contributed by atoms with E-state index in [4.69, 9.17) is 0 Å². The summed E-state index contributed by atoms with van der Waals surface area (Å²) in [6, 6.07) is 1.58. The Morgan fingerprint density at radius 1 is 1.22 bits per heavy atom. The highest BCUT2D eigenvalue weighted by atomic mass is 16.2. The lowest BCUT2D eigenvalue weighted by molar-refractivity contribution is 0.242. The summed E-state index contributed by atoms with van der Waals surface area (Å²) >= 11 is 0. The van der Waals surface area contributed by atoms with Crippen LogP contribution < -0.4 is 25.8 Å². The molecule has 0 radical (unpaired) electrons. The van der Waals surface area contributed by atoms with E-state index in [1.807, 2.05) is 13.1 Å². The number of amides is 4. The molecule has 3 N–H and O–H groups in total. The molecule has 1 aromatic heterocycles. The number of nitrogens with zero attached hydrogens (tertiary/aromatic N) is 3. The molecular formula is C15H24N6O2. The number of hydrogen-bond donors (Lipinski definition) is 3. The van der Waals surface area contributed by atoms with Crippen molar-refractivity contribution in [3.05, 3.63) is 18.5 Å². The molecule has 1 aliphatic rings. The third-order valence-electron chi connectivity index (χ3n) is 3.74. The zero-order chi connectivity index (χ0) is 16.7. The minimum Gasteiger partial charge on any atom is -0.373 e. The molecule has 0 fully saturated rings. The minimum atomic E-state index is -0.216. The number of hydrogen-bond acceptors (Lipinski definition) is 4. The third kappa shape index (κ3) is 4.48. The molecular weight excluding hydrogens is 296 g/mol. The van der Waals surface area contributed by atoms with Gasteiger partial charge < -0.3 is 20.9 Å². The third-order valence-corrected chi connectivity index (χ3v) is 3.74. The first-order chi connectivity index (χ1) is 11.1. The minimum absolute atomic E-state index is 0.130. The van der Waals surface area contributed by atoms with Gasteiger partial charge in [-0.25, -0.2) is 9.59 Å². The quantitative estimate of drug-likeness (QED) is 0.715. The highest BCUT2D eigenvalue weighted by molar-refractivity contribution is 5.95. The molecule has 0 aromatic carbocycles. The molecule has 0 aliphatic carbocycles. The molecule has 126 valence electrons. The summed E-state index contributed by atoms with van der Waals surface area (Å²) in [5, 5.41) is 8.06. The van der Waals surface area contributed by atoms with E-state index in [0.717, 1.165) is 24.3 Å². The Morgan fingerprint density at radius 3 is 2.78 bits per heavy atom. The van der Waals surface area contributed by atoms with Crippen LogP contribution in [0.4, 0.5) is 21.0 Å². The Morgan fingerprint density at radius 2 is 2.00 bits per heavy atom. The molecule has 4 amide bonds. The second-order valence-electron chi connectivity index (χ2n) is 5.38. The number of carbonyl (C=O) groups is 2. The number of rotatable bonds is 4. The summed E-state index contributed by atoms with van der Waals surface area (Å²) in [6.07, 6.45) is 5.04. The van der Waals surface area contributed by atoms with Crippen molar-refractivity contribution in [2.24, 2.45) is 0 Å². The largest absolute Gasteiger partial charge is 0.373 e. The van der Waals surface area contributed by atoms with Crippen molar-refractivity contribution in [2.45, 2.75) is 12.8 Å². The zero-order valence-electron chi connectivity index (χ0n) is 13.6. The van der Waals surface area contributed by atoms with E-state index in [1.165, 1.54) is 0 Å². The molecule has 1 aliphatic heterocycles. The number of anilines is 2. The molecule has 8 heteroatoms. The van der Waals surface area contributed by atoms with Crippen molar-refractivity contribution in [1.82, 2.24) is 20.9 Å². The van der Waals surface area contributed by atoms with Crippen molar-refractivity contribution in [2.75, 3.05) is 50.1 Å². The average molecular weight is 320 g/mol. The molecule has 2 heterocycles. The molecule has 0 spiro atoms. The van der Waals surface area contributed by atoms with Gasteiger partial charge in [-0.3, -0.25) is 9.88 Å². The second-order valence-corrected chi connectivity index (χ2v) is 5.38. The standard InChI is InChI=1S/C15H24N6O2/c1-16-14(22)18-6-3-7-19-15(23)21-10-4-9-20(2)12-5-8-17-11-13(12)21/h5,8,11H,3-4,6-7,9-10H2,1-2H3,(H,19,23)(H2,16,18,22). The van der Waals surface area contributed by atoms with Gasteiger partial charge in [-0.05, 0) is 18.9 Å². The molecule has 0 saturated heterocycles. The van der Waals surface area contributed by atoms with E-state index < -0.39 is 0 Å². The van der Waals surface area contributed by atoms with Crippen LogP contribution in [0.25, 0.3) is 0 Å². The lowest BCUT2D eigenvalue weighted by Gasteiger charge is -2.24. The van der Waals surface area contributed by atoms with Crippen LogP contribution in [0.5, 0.6) is 0 Å². The lowest BCUT2D eigenvalue weighted by Crippen LogP contribution is -2.42. The molecule has 0 saturated carbocycles. The van der Waals surface area contributed by atoms with Gasteiger partial charge in [0, 0.05) is 46.5 Å². The topological polar surface area (TPSA) is 89.6 Å². The fourth-order valence-corrected chi connectivity index (χ4v) is 2.50. The molecule has 1 aromatic rings. The van der Waals surface area contributed by atoms with Gasteiger partial charge in [0.1, 0.15) is 0 Å². The monoisotopic (exact) mass is 320 g/mol. The molecule has 0 bridgehead atoms. The van der Waals surface area contributed by atoms with Crippen LogP contribution in [0.1, 0.15) is 12.8 Å². The maximum Gasteiger partial charge on any atom is 0.321 e. The summed E-state index contributed by atoms with van der Waals surface area (Å²) in [4.78, 5) is 31.5. The van der Waals surface area contributed by atoms with Crippen LogP contribution in [0.15, 0.2) is 18.5 Å². The Hall–Kier alpha value is -2.51. The molecule has 23 heavy (non-hydrogen) atoms. The summed E-state index contributed by atoms with van der Waals surface area (Å²) in [5.74, 6) is 0. The van der Waals surface area contributed by atoms with Crippen molar-refractivity contribution < 1.29 is 9.59 Å². The van der Waals surface area contributed by atoms with E-state index in [1.54, 1.807) is 24.3 Å². The molecule has 2 rings (SSSR count). The number of aromatic nitrogens is 1. The van der Waals surface area contributed by atoms with Gasteiger partial charge in [0.2, 0.25) is 0 Å². The summed E-state index contributed by atoms with van der Waals surface area (Å²) in [6.45, 7) is 2.58. The lowest BCUT2D eigenvalue weighted by atomic mass is 10.3. The Kier molecular flexibility index (Phi) is 6.02. The van der Waals surface area contributed by atoms with Crippen molar-refractivity contribution in [1.29, 1.82) is 0 Å². The Balaban J connectivity index is 1.89. The van der Waals surface area contributed by atoms with Gasteiger partial charge in [0.05, 0.1) is 17.6 Å². The first kappa shape index (κ1) is 16.9. The maximum atomic E-state index is 12.4. The number of fused-ring (bicyclic) bond motifs is 1. The first-order valence-electron chi connectivity index (χ1n) is 7.79. The summed E-state index contributed by atoms with van der Waals surface area (Å²) in [7, 11) is 3.59. The maximum absolute atomic E-state index is 12.4. The van der Waals surface area contributed by atoms with E-state index in [0.29, 0.717) is 26.1 Å². The van der Waals surface area contributed by atoms with Crippen molar-refractivity contribution >= 4 is 23.4 Å². The Bertz CT molecular complexity index is 551. The van der Waals surface area contributed by atoms with Gasteiger partial charge in [-0.2, -0.15) is 0 Å². The van der Waals surface area contributed by atoms with Crippen LogP contribution in [-0.2, 0) is 0 Å². The fourth-order valence-electron chi connectivity index (χ4n) is 2.50. The molecule has 0 atom stereocenters. The van der Waals surface area contributed by atoms with Gasteiger partial charge >= 0.3 is 12.1 Å². The fraction of sp³-hybridized carbons (Fsp3) is 0.533. The number of carbonyl (C=O) groups excluding carboxylic acids is 2. The number of urea groups is 2. The first-order valence-corrected chi connectivity index (χ1v) is 7.79. The van der Waals surface area contributed by atoms with Gasteiger partial charge in [0.25, 0.3) is 0 Å². The highest BCUT2D eigenvalue weighted by Crippen LogP contribution is 2.30. The van der Waals surface area contributed by atoms with Gasteiger partial charge in [0.15, 0.2) is 0 Å². The van der Waals surface area contributed by atoms with Crippen LogP contribution >= 0.6 is 0 Å². The smallest absolute Gasteiger partial charge is 0.321 e. The van der Waals surface area contributed by atoms with Gasteiger partial charge in [-0.1, -0.05) is 0 Å². The Labute approximate surface area is 136 Å². The van der Waals surface area contributed by atoms with Crippen LogP contribution in [0.3, 0.4) is 0 Å².